The highest BCUT2D eigenvalue weighted by Crippen LogP contribution is 2.35. The maximum atomic E-state index is 13.1. The van der Waals surface area contributed by atoms with Gasteiger partial charge in [-0.3, -0.25) is 9.89 Å². The van der Waals surface area contributed by atoms with Crippen molar-refractivity contribution in [3.63, 3.8) is 0 Å². The van der Waals surface area contributed by atoms with Gasteiger partial charge in [-0.2, -0.15) is 5.10 Å². The first-order chi connectivity index (χ1) is 12.3. The van der Waals surface area contributed by atoms with Crippen LogP contribution in [0, 0.1) is 0 Å². The van der Waals surface area contributed by atoms with Crippen LogP contribution in [0.15, 0.2) is 24.3 Å². The molecule has 7 nitrogen and oxygen atoms in total. The third-order valence-corrected chi connectivity index (χ3v) is 4.81. The van der Waals surface area contributed by atoms with E-state index >= 15 is 0 Å². The minimum Gasteiger partial charge on any atom is -0.493 e. The van der Waals surface area contributed by atoms with Crippen LogP contribution in [0.4, 0.5) is 0 Å². The summed E-state index contributed by atoms with van der Waals surface area (Å²) in [4.78, 5) is 19.4. The van der Waals surface area contributed by atoms with E-state index in [9.17, 15) is 4.79 Å². The fourth-order valence-electron chi connectivity index (χ4n) is 3.44. The molecule has 7 heteroatoms. The number of benzene rings is 1. The summed E-state index contributed by atoms with van der Waals surface area (Å²) < 4.78 is 11.5. The number of ether oxygens (including phenoxy) is 2. The monoisotopic (exact) mass is 342 g/mol. The molecule has 2 atom stereocenters. The number of carbonyl (C=O) groups is 1. The number of aryl methyl sites for hydroxylation is 1. The van der Waals surface area contributed by atoms with E-state index in [1.54, 1.807) is 0 Å². The van der Waals surface area contributed by atoms with Gasteiger partial charge in [0.15, 0.2) is 5.82 Å². The van der Waals surface area contributed by atoms with E-state index in [0.29, 0.717) is 38.5 Å². The van der Waals surface area contributed by atoms with Gasteiger partial charge in [0, 0.05) is 18.5 Å². The second-order valence-electron chi connectivity index (χ2n) is 6.37. The lowest BCUT2D eigenvalue weighted by Crippen LogP contribution is -2.45. The number of H-pyrrole nitrogens is 1. The van der Waals surface area contributed by atoms with Crippen molar-refractivity contribution in [3.8, 4) is 5.75 Å². The topological polar surface area (TPSA) is 80.3 Å². The highest BCUT2D eigenvalue weighted by atomic mass is 16.5. The molecule has 1 N–H and O–H groups in total. The summed E-state index contributed by atoms with van der Waals surface area (Å²) in [5.41, 5.74) is 0.980. The van der Waals surface area contributed by atoms with Gasteiger partial charge in [-0.05, 0) is 12.5 Å². The van der Waals surface area contributed by atoms with Crippen molar-refractivity contribution in [1.82, 2.24) is 20.1 Å². The summed E-state index contributed by atoms with van der Waals surface area (Å²) in [6.45, 7) is 4.17. The fraction of sp³-hybridized carbons (Fsp3) is 0.500. The third kappa shape index (κ3) is 3.11. The molecule has 1 aromatic carbocycles. The molecule has 0 unspecified atom stereocenters. The third-order valence-electron chi connectivity index (χ3n) is 4.81. The molecule has 1 aromatic heterocycles. The smallest absolute Gasteiger partial charge is 0.230 e. The van der Waals surface area contributed by atoms with Crippen LogP contribution >= 0.6 is 0 Å². The number of hydrogen-bond donors (Lipinski definition) is 1. The molecule has 2 aliphatic heterocycles. The van der Waals surface area contributed by atoms with Crippen molar-refractivity contribution < 1.29 is 14.3 Å². The molecule has 0 bridgehead atoms. The second kappa shape index (κ2) is 6.84. The maximum Gasteiger partial charge on any atom is 0.230 e. The van der Waals surface area contributed by atoms with E-state index in [1.165, 1.54) is 0 Å². The van der Waals surface area contributed by atoms with E-state index in [1.807, 2.05) is 36.1 Å². The average Bonchev–Trinajstić information content (AvgIpc) is 3.16. The maximum absolute atomic E-state index is 13.1. The molecule has 4 rings (SSSR count). The van der Waals surface area contributed by atoms with Crippen molar-refractivity contribution in [2.75, 3.05) is 26.3 Å². The van der Waals surface area contributed by atoms with E-state index in [2.05, 4.69) is 15.2 Å². The van der Waals surface area contributed by atoms with Crippen LogP contribution in [-0.2, 0) is 16.0 Å². The van der Waals surface area contributed by atoms with Gasteiger partial charge in [0.2, 0.25) is 5.91 Å². The Hall–Kier alpha value is -2.41. The van der Waals surface area contributed by atoms with E-state index in [4.69, 9.17) is 9.47 Å². The molecule has 25 heavy (non-hydrogen) atoms. The first kappa shape index (κ1) is 16.1. The van der Waals surface area contributed by atoms with Crippen molar-refractivity contribution in [2.45, 2.75) is 31.8 Å². The van der Waals surface area contributed by atoms with Crippen molar-refractivity contribution in [1.29, 1.82) is 0 Å². The molecular weight excluding hydrogens is 320 g/mol. The van der Waals surface area contributed by atoms with Crippen molar-refractivity contribution >= 4 is 5.91 Å². The number of fused-ring (bicyclic) bond motifs is 1. The van der Waals surface area contributed by atoms with Gasteiger partial charge in [0.25, 0.3) is 0 Å². The molecule has 2 aliphatic rings. The number of amides is 1. The minimum absolute atomic E-state index is 0.135. The predicted molar refractivity (Wildman–Crippen MR) is 90.3 cm³/mol. The van der Waals surface area contributed by atoms with Gasteiger partial charge in [0.1, 0.15) is 17.7 Å². The Morgan fingerprint density at radius 2 is 2.24 bits per heavy atom. The summed E-state index contributed by atoms with van der Waals surface area (Å²) in [6, 6.07) is 7.80. The minimum atomic E-state index is -0.274. The number of aromatic amines is 1. The normalized spacial score (nSPS) is 23.0. The molecule has 0 spiro atoms. The summed E-state index contributed by atoms with van der Waals surface area (Å²) in [7, 11) is 0. The summed E-state index contributed by atoms with van der Waals surface area (Å²) in [5.74, 6) is 2.26. The zero-order chi connectivity index (χ0) is 17.2. The standard InChI is InChI=1S/C18H22N4O3/c1-2-16-19-17(21-20-16)15-11-22(8-10-25-15)18(23)13-7-9-24-14-6-4-3-5-12(13)14/h3-6,13,15H,2,7-11H2,1H3,(H,19,20,21)/t13-,15+/m1/s1. The number of aromatic nitrogens is 3. The van der Waals surface area contributed by atoms with Crippen LogP contribution in [0.2, 0.25) is 0 Å². The van der Waals surface area contributed by atoms with Gasteiger partial charge in [0.05, 0.1) is 25.7 Å². The Labute approximate surface area is 146 Å². The van der Waals surface area contributed by atoms with Gasteiger partial charge in [-0.1, -0.05) is 25.1 Å². The van der Waals surface area contributed by atoms with Gasteiger partial charge in [-0.25, -0.2) is 4.98 Å². The second-order valence-corrected chi connectivity index (χ2v) is 6.37. The molecule has 132 valence electrons. The summed E-state index contributed by atoms with van der Waals surface area (Å²) in [5, 5.41) is 7.15. The molecule has 1 saturated heterocycles. The van der Waals surface area contributed by atoms with Gasteiger partial charge >= 0.3 is 0 Å². The number of rotatable bonds is 3. The van der Waals surface area contributed by atoms with E-state index in [-0.39, 0.29) is 17.9 Å². The van der Waals surface area contributed by atoms with E-state index < -0.39 is 0 Å². The first-order valence-corrected chi connectivity index (χ1v) is 8.79. The highest BCUT2D eigenvalue weighted by molar-refractivity contribution is 5.85. The summed E-state index contributed by atoms with van der Waals surface area (Å²) in [6.07, 6.45) is 1.23. The van der Waals surface area contributed by atoms with Crippen LogP contribution in [0.1, 0.15) is 42.6 Å². The average molecular weight is 342 g/mol. The lowest BCUT2D eigenvalue weighted by Gasteiger charge is -2.35. The lowest BCUT2D eigenvalue weighted by atomic mass is 9.91. The number of carbonyl (C=O) groups excluding carboxylic acids is 1. The molecule has 3 heterocycles. The molecule has 0 radical (unpaired) electrons. The number of nitrogens with zero attached hydrogens (tertiary/aromatic N) is 3. The van der Waals surface area contributed by atoms with Gasteiger partial charge < -0.3 is 14.4 Å². The van der Waals surface area contributed by atoms with Crippen molar-refractivity contribution in [2.24, 2.45) is 0 Å². The predicted octanol–water partition coefficient (Wildman–Crippen LogP) is 1.83. The molecule has 0 aliphatic carbocycles. The number of morpholine rings is 1. The van der Waals surface area contributed by atoms with Crippen molar-refractivity contribution in [3.05, 3.63) is 41.5 Å². The molecule has 2 aromatic rings. The Morgan fingerprint density at radius 1 is 1.36 bits per heavy atom. The zero-order valence-electron chi connectivity index (χ0n) is 14.3. The highest BCUT2D eigenvalue weighted by Gasteiger charge is 2.34. The van der Waals surface area contributed by atoms with Crippen LogP contribution < -0.4 is 4.74 Å². The van der Waals surface area contributed by atoms with Crippen LogP contribution in [-0.4, -0.2) is 52.3 Å². The Bertz CT molecular complexity index is 760. The molecule has 0 saturated carbocycles. The van der Waals surface area contributed by atoms with E-state index in [0.717, 1.165) is 23.6 Å². The Kier molecular flexibility index (Phi) is 4.40. The number of hydrogen-bond acceptors (Lipinski definition) is 5. The first-order valence-electron chi connectivity index (χ1n) is 8.79. The lowest BCUT2D eigenvalue weighted by molar-refractivity contribution is -0.141. The largest absolute Gasteiger partial charge is 0.493 e. The molecule has 1 amide bonds. The quantitative estimate of drug-likeness (QED) is 0.920. The van der Waals surface area contributed by atoms with Gasteiger partial charge in [-0.15, -0.1) is 0 Å². The Morgan fingerprint density at radius 3 is 3.08 bits per heavy atom. The molecular formula is C18H22N4O3. The fourth-order valence-corrected chi connectivity index (χ4v) is 3.44. The SMILES string of the molecule is CCc1nc([C@@H]2CN(C(=O)[C@@H]3CCOc4ccccc43)CCO2)n[nH]1. The summed E-state index contributed by atoms with van der Waals surface area (Å²) >= 11 is 0. The zero-order valence-corrected chi connectivity index (χ0v) is 14.3. The molecule has 1 fully saturated rings. The Balaban J connectivity index is 1.51. The van der Waals surface area contributed by atoms with Crippen LogP contribution in [0.25, 0.3) is 0 Å². The van der Waals surface area contributed by atoms with Crippen LogP contribution in [0.3, 0.4) is 0 Å². The number of nitrogens with one attached hydrogen (secondary N) is 1. The van der Waals surface area contributed by atoms with Crippen LogP contribution in [0.5, 0.6) is 5.75 Å². The number of para-hydroxylation sites is 1.